The van der Waals surface area contributed by atoms with E-state index in [9.17, 15) is 4.79 Å². The Labute approximate surface area is 216 Å². The molecular weight excluding hydrogens is 470 g/mol. The van der Waals surface area contributed by atoms with Crippen LogP contribution in [0.15, 0.2) is 24.4 Å². The summed E-state index contributed by atoms with van der Waals surface area (Å²) in [5.41, 5.74) is 9.28. The van der Waals surface area contributed by atoms with Gasteiger partial charge in [-0.25, -0.2) is 9.78 Å². The third-order valence-electron chi connectivity index (χ3n) is 6.64. The highest BCUT2D eigenvalue weighted by Crippen LogP contribution is 2.45. The summed E-state index contributed by atoms with van der Waals surface area (Å²) in [5, 5.41) is 5.72. The highest BCUT2D eigenvalue weighted by molar-refractivity contribution is 5.95. The van der Waals surface area contributed by atoms with Gasteiger partial charge in [-0.15, -0.1) is 0 Å². The Balaban J connectivity index is 1.55. The van der Waals surface area contributed by atoms with E-state index in [-0.39, 0.29) is 12.1 Å². The van der Waals surface area contributed by atoms with Crippen molar-refractivity contribution in [3.63, 3.8) is 0 Å². The molecule has 1 aliphatic heterocycles. The topological polar surface area (TPSA) is 105 Å². The van der Waals surface area contributed by atoms with Crippen LogP contribution in [0.1, 0.15) is 68.8 Å². The smallest absolute Gasteiger partial charge is 0.410 e. The van der Waals surface area contributed by atoms with E-state index in [0.29, 0.717) is 42.0 Å². The van der Waals surface area contributed by atoms with Crippen LogP contribution >= 0.6 is 0 Å². The van der Waals surface area contributed by atoms with Gasteiger partial charge >= 0.3 is 6.09 Å². The number of benzene rings is 1. The standard InChI is InChI=1S/C28H33N5O4/c1-28(2,3)37-27(34)32-11-10-19(16-32)33-25-22(18-7-8-18)15-30-26(29)24(25)23(31-33)9-6-17-12-20(35-4)14-21(13-17)36-5/h12-15,18-19H,7-8,10-11,16H2,1-5H3,(H2,29,30)/t19-/m0/s1. The predicted molar refractivity (Wildman–Crippen MR) is 141 cm³/mol. The Morgan fingerprint density at radius 1 is 1.08 bits per heavy atom. The second kappa shape index (κ2) is 9.51. The van der Waals surface area contributed by atoms with Gasteiger partial charge in [-0.05, 0) is 69.6 Å². The number of methoxy groups -OCH3 is 2. The van der Waals surface area contributed by atoms with E-state index >= 15 is 0 Å². The first-order chi connectivity index (χ1) is 17.7. The molecule has 1 aromatic carbocycles. The van der Waals surface area contributed by atoms with Crippen LogP contribution in [0.25, 0.3) is 10.9 Å². The molecule has 9 nitrogen and oxygen atoms in total. The average molecular weight is 504 g/mol. The normalized spacial score (nSPS) is 17.4. The number of pyridine rings is 1. The third-order valence-corrected chi connectivity index (χ3v) is 6.64. The van der Waals surface area contributed by atoms with Crippen LogP contribution in [-0.2, 0) is 4.74 Å². The molecule has 0 bridgehead atoms. The maximum absolute atomic E-state index is 12.7. The molecule has 9 heteroatoms. The monoisotopic (exact) mass is 503 g/mol. The molecule has 1 atom stereocenters. The van der Waals surface area contributed by atoms with Crippen LogP contribution < -0.4 is 15.2 Å². The summed E-state index contributed by atoms with van der Waals surface area (Å²) in [5.74, 6) is 8.58. The van der Waals surface area contributed by atoms with E-state index in [2.05, 4.69) is 16.8 Å². The van der Waals surface area contributed by atoms with Gasteiger partial charge in [0.05, 0.1) is 31.2 Å². The molecule has 37 heavy (non-hydrogen) atoms. The van der Waals surface area contributed by atoms with Crippen molar-refractivity contribution in [3.05, 3.63) is 41.2 Å². The molecule has 1 saturated carbocycles. The molecule has 0 unspecified atom stereocenters. The summed E-state index contributed by atoms with van der Waals surface area (Å²) in [6, 6.07) is 5.49. The summed E-state index contributed by atoms with van der Waals surface area (Å²) in [4.78, 5) is 19.0. The highest BCUT2D eigenvalue weighted by atomic mass is 16.6. The second-order valence-corrected chi connectivity index (χ2v) is 10.6. The minimum absolute atomic E-state index is 0.0122. The van der Waals surface area contributed by atoms with Gasteiger partial charge in [-0.3, -0.25) is 4.68 Å². The fraction of sp³-hybridized carbons (Fsp3) is 0.464. The predicted octanol–water partition coefficient (Wildman–Crippen LogP) is 4.49. The van der Waals surface area contributed by atoms with Crippen LogP contribution in [-0.4, -0.2) is 58.7 Å². The highest BCUT2D eigenvalue weighted by Gasteiger charge is 2.35. The fourth-order valence-corrected chi connectivity index (χ4v) is 4.71. The lowest BCUT2D eigenvalue weighted by Crippen LogP contribution is -2.35. The molecule has 1 saturated heterocycles. The number of rotatable bonds is 4. The maximum Gasteiger partial charge on any atom is 0.410 e. The Morgan fingerprint density at radius 2 is 1.78 bits per heavy atom. The Morgan fingerprint density at radius 3 is 2.41 bits per heavy atom. The van der Waals surface area contributed by atoms with Crippen molar-refractivity contribution in [3.8, 4) is 23.3 Å². The largest absolute Gasteiger partial charge is 0.497 e. The van der Waals surface area contributed by atoms with Gasteiger partial charge in [-0.2, -0.15) is 5.10 Å². The van der Waals surface area contributed by atoms with Crippen LogP contribution in [0.5, 0.6) is 11.5 Å². The van der Waals surface area contributed by atoms with Crippen molar-refractivity contribution in [2.45, 2.75) is 57.6 Å². The van der Waals surface area contributed by atoms with Crippen molar-refractivity contribution in [2.75, 3.05) is 33.0 Å². The van der Waals surface area contributed by atoms with Crippen LogP contribution in [0.4, 0.5) is 10.6 Å². The number of hydrogen-bond acceptors (Lipinski definition) is 7. The first kappa shape index (κ1) is 24.8. The number of hydrogen-bond donors (Lipinski definition) is 1. The number of fused-ring (bicyclic) bond motifs is 1. The number of anilines is 1. The lowest BCUT2D eigenvalue weighted by Gasteiger charge is -2.24. The van der Waals surface area contributed by atoms with Gasteiger partial charge in [0.25, 0.3) is 0 Å². The van der Waals surface area contributed by atoms with E-state index in [1.165, 1.54) is 0 Å². The molecule has 0 radical (unpaired) electrons. The summed E-state index contributed by atoms with van der Waals surface area (Å²) in [6.45, 7) is 6.74. The molecule has 194 valence electrons. The van der Waals surface area contributed by atoms with Gasteiger partial charge in [0.2, 0.25) is 0 Å². The summed E-state index contributed by atoms with van der Waals surface area (Å²) in [7, 11) is 3.21. The zero-order valence-corrected chi connectivity index (χ0v) is 22.0. The molecule has 2 aliphatic rings. The number of amides is 1. The van der Waals surface area contributed by atoms with Gasteiger partial charge < -0.3 is 24.8 Å². The fourth-order valence-electron chi connectivity index (χ4n) is 4.71. The van der Waals surface area contributed by atoms with E-state index < -0.39 is 5.60 Å². The molecule has 3 heterocycles. The van der Waals surface area contributed by atoms with Crippen LogP contribution in [0.2, 0.25) is 0 Å². The number of likely N-dealkylation sites (tertiary alicyclic amines) is 1. The third kappa shape index (κ3) is 5.15. The van der Waals surface area contributed by atoms with E-state index in [4.69, 9.17) is 25.0 Å². The number of carbonyl (C=O) groups is 1. The van der Waals surface area contributed by atoms with Gasteiger partial charge in [0.1, 0.15) is 28.6 Å². The molecule has 2 aromatic heterocycles. The SMILES string of the molecule is COc1cc(C#Cc2nn([C@H]3CCN(C(=O)OC(C)(C)C)C3)c3c(C4CC4)cnc(N)c23)cc(OC)c1. The molecule has 1 aliphatic carbocycles. The van der Waals surface area contributed by atoms with Crippen molar-refractivity contribution in [1.29, 1.82) is 0 Å². The zero-order valence-electron chi connectivity index (χ0n) is 22.0. The van der Waals surface area contributed by atoms with Crippen molar-refractivity contribution in [2.24, 2.45) is 0 Å². The summed E-state index contributed by atoms with van der Waals surface area (Å²) < 4.78 is 18.4. The van der Waals surface area contributed by atoms with E-state index in [1.54, 1.807) is 25.2 Å². The molecule has 2 N–H and O–H groups in total. The average Bonchev–Trinajstić information content (AvgIpc) is 3.44. The number of ether oxygens (including phenoxy) is 3. The Kier molecular flexibility index (Phi) is 6.36. The lowest BCUT2D eigenvalue weighted by molar-refractivity contribution is 0.0288. The number of carbonyl (C=O) groups excluding carboxylic acids is 1. The van der Waals surface area contributed by atoms with Crippen molar-refractivity contribution in [1.82, 2.24) is 19.7 Å². The summed E-state index contributed by atoms with van der Waals surface area (Å²) >= 11 is 0. The zero-order chi connectivity index (χ0) is 26.3. The Bertz CT molecular complexity index is 1390. The Hall–Kier alpha value is -3.93. The number of nitrogen functional groups attached to an aromatic ring is 1. The molecular formula is C28H33N5O4. The molecule has 2 fully saturated rings. The van der Waals surface area contributed by atoms with E-state index in [1.807, 2.05) is 43.8 Å². The van der Waals surface area contributed by atoms with Gasteiger partial charge in [0.15, 0.2) is 0 Å². The maximum atomic E-state index is 12.7. The minimum Gasteiger partial charge on any atom is -0.497 e. The number of aromatic nitrogens is 3. The van der Waals surface area contributed by atoms with Gasteiger partial charge in [-0.1, -0.05) is 5.92 Å². The van der Waals surface area contributed by atoms with Crippen LogP contribution in [0.3, 0.4) is 0 Å². The second-order valence-electron chi connectivity index (χ2n) is 10.6. The molecule has 1 amide bonds. The van der Waals surface area contributed by atoms with Crippen molar-refractivity contribution >= 4 is 22.8 Å². The first-order valence-electron chi connectivity index (χ1n) is 12.6. The molecule has 0 spiro atoms. The molecule has 3 aromatic rings. The van der Waals surface area contributed by atoms with Crippen LogP contribution in [0, 0.1) is 11.8 Å². The quantitative estimate of drug-likeness (QED) is 0.523. The first-order valence-corrected chi connectivity index (χ1v) is 12.6. The van der Waals surface area contributed by atoms with Gasteiger partial charge in [0, 0.05) is 30.9 Å². The lowest BCUT2D eigenvalue weighted by atomic mass is 10.1. The summed E-state index contributed by atoms with van der Waals surface area (Å²) in [6.07, 6.45) is 4.57. The molecule has 5 rings (SSSR count). The number of nitrogens with two attached hydrogens (primary N) is 1. The minimum atomic E-state index is -0.543. The van der Waals surface area contributed by atoms with E-state index in [0.717, 1.165) is 41.3 Å². The number of nitrogens with zero attached hydrogens (tertiary/aromatic N) is 4. The van der Waals surface area contributed by atoms with Crippen molar-refractivity contribution < 1.29 is 19.0 Å².